The molecular weight excluding hydrogens is 248 g/mol. The summed E-state index contributed by atoms with van der Waals surface area (Å²) in [6, 6.07) is 9.50. The lowest BCUT2D eigenvalue weighted by Gasteiger charge is -2.20. The number of rotatable bonds is 5. The van der Waals surface area contributed by atoms with Crippen LogP contribution in [0.1, 0.15) is 26.7 Å². The van der Waals surface area contributed by atoms with Gasteiger partial charge in [0.05, 0.1) is 12.5 Å². The van der Waals surface area contributed by atoms with Crippen molar-refractivity contribution in [3.63, 3.8) is 0 Å². The predicted molar refractivity (Wildman–Crippen MR) is 72.3 cm³/mol. The summed E-state index contributed by atoms with van der Waals surface area (Å²) in [5.41, 5.74) is -0.609. The number of hydrogen-bond acceptors (Lipinski definition) is 4. The lowest BCUT2D eigenvalue weighted by atomic mass is 9.88. The second-order valence-electron chi connectivity index (χ2n) is 4.66. The standard InChI is InChI=1S/C14H18O3S/c1-14(2,13(16)17-3)10-9-12(15)18-11-7-5-4-6-8-11/h4-8H,9-10H2,1-3H3. The summed E-state index contributed by atoms with van der Waals surface area (Å²) in [7, 11) is 1.37. The van der Waals surface area contributed by atoms with Crippen LogP contribution in [0.3, 0.4) is 0 Å². The van der Waals surface area contributed by atoms with E-state index in [1.54, 1.807) is 13.8 Å². The molecule has 1 rings (SSSR count). The zero-order valence-corrected chi connectivity index (χ0v) is 11.8. The molecule has 0 saturated carbocycles. The van der Waals surface area contributed by atoms with Crippen molar-refractivity contribution in [2.24, 2.45) is 5.41 Å². The van der Waals surface area contributed by atoms with Gasteiger partial charge in [0.25, 0.3) is 0 Å². The molecule has 0 aliphatic carbocycles. The fourth-order valence-electron chi connectivity index (χ4n) is 1.46. The van der Waals surface area contributed by atoms with E-state index in [9.17, 15) is 9.59 Å². The van der Waals surface area contributed by atoms with Gasteiger partial charge in [-0.05, 0) is 32.4 Å². The van der Waals surface area contributed by atoms with Gasteiger partial charge in [-0.2, -0.15) is 0 Å². The van der Waals surface area contributed by atoms with Gasteiger partial charge in [0.1, 0.15) is 0 Å². The maximum absolute atomic E-state index is 11.8. The number of hydrogen-bond donors (Lipinski definition) is 0. The normalized spacial score (nSPS) is 11.1. The van der Waals surface area contributed by atoms with Gasteiger partial charge in [-0.25, -0.2) is 0 Å². The molecule has 0 N–H and O–H groups in total. The molecule has 0 aromatic heterocycles. The highest BCUT2D eigenvalue weighted by molar-refractivity contribution is 8.13. The van der Waals surface area contributed by atoms with E-state index in [2.05, 4.69) is 0 Å². The average Bonchev–Trinajstić information content (AvgIpc) is 2.36. The summed E-state index contributed by atoms with van der Waals surface area (Å²) in [5, 5.41) is 0.0678. The van der Waals surface area contributed by atoms with Crippen molar-refractivity contribution >= 4 is 22.8 Å². The number of esters is 1. The van der Waals surface area contributed by atoms with Crippen molar-refractivity contribution < 1.29 is 14.3 Å². The largest absolute Gasteiger partial charge is 0.469 e. The topological polar surface area (TPSA) is 43.4 Å². The Hall–Kier alpha value is -1.29. The predicted octanol–water partition coefficient (Wildman–Crippen LogP) is 3.28. The van der Waals surface area contributed by atoms with Crippen molar-refractivity contribution in [3.05, 3.63) is 30.3 Å². The molecule has 0 aliphatic heterocycles. The Morgan fingerprint density at radius 1 is 1.22 bits per heavy atom. The van der Waals surface area contributed by atoms with Gasteiger partial charge in [-0.1, -0.05) is 30.0 Å². The van der Waals surface area contributed by atoms with Crippen LogP contribution in [0.5, 0.6) is 0 Å². The van der Waals surface area contributed by atoms with E-state index in [4.69, 9.17) is 4.74 Å². The van der Waals surface area contributed by atoms with Gasteiger partial charge in [-0.3, -0.25) is 9.59 Å². The lowest BCUT2D eigenvalue weighted by Crippen LogP contribution is -2.26. The maximum atomic E-state index is 11.8. The zero-order valence-electron chi connectivity index (χ0n) is 10.9. The van der Waals surface area contributed by atoms with E-state index in [0.29, 0.717) is 12.8 Å². The van der Waals surface area contributed by atoms with E-state index < -0.39 is 5.41 Å². The minimum Gasteiger partial charge on any atom is -0.469 e. The summed E-state index contributed by atoms with van der Waals surface area (Å²) < 4.78 is 4.71. The van der Waals surface area contributed by atoms with E-state index in [-0.39, 0.29) is 11.1 Å². The minimum atomic E-state index is -0.609. The van der Waals surface area contributed by atoms with Gasteiger partial charge in [0, 0.05) is 11.3 Å². The Bertz CT molecular complexity index is 412. The van der Waals surface area contributed by atoms with Crippen LogP contribution in [0.25, 0.3) is 0 Å². The second-order valence-corrected chi connectivity index (χ2v) is 5.79. The molecule has 0 atom stereocenters. The quantitative estimate of drug-likeness (QED) is 0.606. The van der Waals surface area contributed by atoms with E-state index in [1.165, 1.54) is 18.9 Å². The van der Waals surface area contributed by atoms with Gasteiger partial charge < -0.3 is 4.74 Å². The first-order valence-electron chi connectivity index (χ1n) is 5.80. The fraction of sp³-hybridized carbons (Fsp3) is 0.429. The van der Waals surface area contributed by atoms with Gasteiger partial charge in [-0.15, -0.1) is 0 Å². The number of carbonyl (C=O) groups excluding carboxylic acids is 2. The van der Waals surface area contributed by atoms with Gasteiger partial charge in [0.15, 0.2) is 5.12 Å². The van der Waals surface area contributed by atoms with Gasteiger partial charge >= 0.3 is 5.97 Å². The van der Waals surface area contributed by atoms with Crippen molar-refractivity contribution in [2.75, 3.05) is 7.11 Å². The SMILES string of the molecule is COC(=O)C(C)(C)CCC(=O)Sc1ccccc1. The summed E-state index contributed by atoms with van der Waals surface area (Å²) >= 11 is 1.21. The van der Waals surface area contributed by atoms with Crippen molar-refractivity contribution in [2.45, 2.75) is 31.6 Å². The molecule has 3 nitrogen and oxygen atoms in total. The molecular formula is C14H18O3S. The third kappa shape index (κ3) is 4.53. The Morgan fingerprint density at radius 2 is 1.83 bits per heavy atom. The van der Waals surface area contributed by atoms with E-state index >= 15 is 0 Å². The Morgan fingerprint density at radius 3 is 2.39 bits per heavy atom. The zero-order chi connectivity index (χ0) is 13.6. The van der Waals surface area contributed by atoms with Crippen LogP contribution in [0.2, 0.25) is 0 Å². The third-order valence-corrected chi connectivity index (χ3v) is 3.61. The molecule has 1 aromatic rings. The monoisotopic (exact) mass is 266 g/mol. The van der Waals surface area contributed by atoms with Crippen molar-refractivity contribution in [1.29, 1.82) is 0 Å². The summed E-state index contributed by atoms with van der Waals surface area (Å²) in [6.07, 6.45) is 0.861. The number of benzene rings is 1. The van der Waals surface area contributed by atoms with Crippen LogP contribution < -0.4 is 0 Å². The number of thioether (sulfide) groups is 1. The third-order valence-electron chi connectivity index (χ3n) is 2.67. The first kappa shape index (κ1) is 14.8. The van der Waals surface area contributed by atoms with E-state index in [0.717, 1.165) is 4.90 Å². The Kier molecular flexibility index (Phi) is 5.41. The average molecular weight is 266 g/mol. The number of methoxy groups -OCH3 is 1. The molecule has 0 fully saturated rings. The number of carbonyl (C=O) groups is 2. The fourth-order valence-corrected chi connectivity index (χ4v) is 2.22. The molecule has 18 heavy (non-hydrogen) atoms. The van der Waals surface area contributed by atoms with Crippen LogP contribution in [-0.2, 0) is 14.3 Å². The molecule has 98 valence electrons. The highest BCUT2D eigenvalue weighted by Crippen LogP contribution is 2.27. The van der Waals surface area contributed by atoms with Crippen molar-refractivity contribution in [1.82, 2.24) is 0 Å². The minimum absolute atomic E-state index is 0.0678. The molecule has 0 radical (unpaired) electrons. The molecule has 0 heterocycles. The van der Waals surface area contributed by atoms with E-state index in [1.807, 2.05) is 30.3 Å². The lowest BCUT2D eigenvalue weighted by molar-refractivity contribution is -0.151. The number of ether oxygens (including phenoxy) is 1. The molecule has 0 aliphatic rings. The molecule has 0 amide bonds. The van der Waals surface area contributed by atoms with Crippen LogP contribution in [0.4, 0.5) is 0 Å². The molecule has 0 saturated heterocycles. The highest BCUT2D eigenvalue weighted by atomic mass is 32.2. The summed E-state index contributed by atoms with van der Waals surface area (Å²) in [6.45, 7) is 3.58. The Labute approximate surface area is 112 Å². The van der Waals surface area contributed by atoms with Crippen molar-refractivity contribution in [3.8, 4) is 0 Å². The van der Waals surface area contributed by atoms with Crippen LogP contribution >= 0.6 is 11.8 Å². The van der Waals surface area contributed by atoms with Crippen LogP contribution in [0.15, 0.2) is 35.2 Å². The summed E-state index contributed by atoms with van der Waals surface area (Å²) in [4.78, 5) is 24.2. The Balaban J connectivity index is 2.45. The second kappa shape index (κ2) is 6.59. The highest BCUT2D eigenvalue weighted by Gasteiger charge is 2.29. The first-order valence-corrected chi connectivity index (χ1v) is 6.61. The molecule has 4 heteroatoms. The molecule has 1 aromatic carbocycles. The molecule has 0 unspecified atom stereocenters. The smallest absolute Gasteiger partial charge is 0.311 e. The molecule has 0 bridgehead atoms. The summed E-state index contributed by atoms with van der Waals surface area (Å²) in [5.74, 6) is -0.278. The first-order chi connectivity index (χ1) is 8.45. The van der Waals surface area contributed by atoms with Crippen LogP contribution in [-0.4, -0.2) is 18.2 Å². The molecule has 0 spiro atoms. The maximum Gasteiger partial charge on any atom is 0.311 e. The van der Waals surface area contributed by atoms with Gasteiger partial charge in [0.2, 0.25) is 0 Å². The van der Waals surface area contributed by atoms with Crippen LogP contribution in [0, 0.1) is 5.41 Å².